The van der Waals surface area contributed by atoms with Crippen LogP contribution in [0.3, 0.4) is 0 Å². The van der Waals surface area contributed by atoms with Crippen LogP contribution in [0.1, 0.15) is 23.9 Å². The summed E-state index contributed by atoms with van der Waals surface area (Å²) in [6, 6.07) is 15.1. The molecule has 0 aliphatic carbocycles. The van der Waals surface area contributed by atoms with Crippen molar-refractivity contribution in [3.8, 4) is 5.69 Å². The Labute approximate surface area is 130 Å². The van der Waals surface area contributed by atoms with Crippen molar-refractivity contribution < 1.29 is 0 Å². The van der Waals surface area contributed by atoms with Gasteiger partial charge >= 0.3 is 0 Å². The van der Waals surface area contributed by atoms with Crippen molar-refractivity contribution in [2.75, 3.05) is 5.88 Å². The van der Waals surface area contributed by atoms with Crippen LogP contribution in [-0.4, -0.2) is 15.4 Å². The van der Waals surface area contributed by atoms with E-state index in [4.69, 9.17) is 16.6 Å². The lowest BCUT2D eigenvalue weighted by molar-refractivity contribution is 0.911. The van der Waals surface area contributed by atoms with Gasteiger partial charge in [0, 0.05) is 18.0 Å². The summed E-state index contributed by atoms with van der Waals surface area (Å²) in [6.07, 6.45) is 1.82. The number of hydrogen-bond acceptors (Lipinski definition) is 1. The van der Waals surface area contributed by atoms with Gasteiger partial charge in [-0.25, -0.2) is 4.98 Å². The average molecular weight is 299 g/mol. The van der Waals surface area contributed by atoms with Gasteiger partial charge in [0.15, 0.2) is 0 Å². The van der Waals surface area contributed by atoms with Crippen molar-refractivity contribution in [1.82, 2.24) is 9.55 Å². The van der Waals surface area contributed by atoms with E-state index in [0.717, 1.165) is 35.4 Å². The van der Waals surface area contributed by atoms with Gasteiger partial charge in [-0.15, -0.1) is 11.6 Å². The predicted octanol–water partition coefficient (Wildman–Crippen LogP) is 4.68. The third-order valence-electron chi connectivity index (χ3n) is 3.80. The number of halogens is 1. The van der Waals surface area contributed by atoms with E-state index < -0.39 is 0 Å². The number of aryl methyl sites for hydroxylation is 3. The van der Waals surface area contributed by atoms with E-state index in [9.17, 15) is 0 Å². The van der Waals surface area contributed by atoms with E-state index in [2.05, 4.69) is 60.9 Å². The lowest BCUT2D eigenvalue weighted by Gasteiger charge is -2.09. The Morgan fingerprint density at radius 2 is 1.86 bits per heavy atom. The molecule has 0 amide bonds. The second-order valence-corrected chi connectivity index (χ2v) is 5.69. The zero-order chi connectivity index (χ0) is 14.8. The summed E-state index contributed by atoms with van der Waals surface area (Å²) >= 11 is 5.95. The summed E-state index contributed by atoms with van der Waals surface area (Å²) in [7, 11) is 0. The molecule has 3 heteroatoms. The van der Waals surface area contributed by atoms with Crippen molar-refractivity contribution in [3.63, 3.8) is 0 Å². The molecule has 1 aromatic heterocycles. The molecule has 1 heterocycles. The molecule has 0 aliphatic heterocycles. The van der Waals surface area contributed by atoms with E-state index in [1.807, 2.05) is 0 Å². The fraction of sp³-hybridized carbons (Fsp3) is 0.278. The molecule has 0 saturated heterocycles. The number of nitrogens with zero attached hydrogens (tertiary/aromatic N) is 2. The largest absolute Gasteiger partial charge is 0.296 e. The van der Waals surface area contributed by atoms with Crippen molar-refractivity contribution in [2.45, 2.75) is 26.7 Å². The number of hydrogen-bond donors (Lipinski definition) is 0. The summed E-state index contributed by atoms with van der Waals surface area (Å²) in [5.41, 5.74) is 5.90. The van der Waals surface area contributed by atoms with Gasteiger partial charge in [0.2, 0.25) is 0 Å². The lowest BCUT2D eigenvalue weighted by atomic mass is 10.1. The first kappa shape index (κ1) is 14.2. The first-order valence-electron chi connectivity index (χ1n) is 7.36. The smallest absolute Gasteiger partial charge is 0.115 e. The minimum Gasteiger partial charge on any atom is -0.296 e. The van der Waals surface area contributed by atoms with Crippen LogP contribution < -0.4 is 0 Å². The zero-order valence-corrected chi connectivity index (χ0v) is 13.2. The topological polar surface area (TPSA) is 17.8 Å². The van der Waals surface area contributed by atoms with Crippen LogP contribution in [0.2, 0.25) is 0 Å². The second-order valence-electron chi connectivity index (χ2n) is 5.31. The molecule has 2 nitrogen and oxygen atoms in total. The third-order valence-corrected chi connectivity index (χ3v) is 3.99. The van der Waals surface area contributed by atoms with E-state index >= 15 is 0 Å². The van der Waals surface area contributed by atoms with E-state index in [1.54, 1.807) is 0 Å². The van der Waals surface area contributed by atoms with Crippen LogP contribution >= 0.6 is 11.6 Å². The SMILES string of the molecule is CCc1ccc(-n2c(CCCl)nc3cc(C)ccc32)cc1. The predicted molar refractivity (Wildman–Crippen MR) is 89.6 cm³/mol. The Morgan fingerprint density at radius 3 is 2.52 bits per heavy atom. The molecular formula is C18H19ClN2. The van der Waals surface area contributed by atoms with Crippen molar-refractivity contribution in [2.24, 2.45) is 0 Å². The van der Waals surface area contributed by atoms with E-state index in [1.165, 1.54) is 11.1 Å². The van der Waals surface area contributed by atoms with Gasteiger partial charge < -0.3 is 0 Å². The fourth-order valence-electron chi connectivity index (χ4n) is 2.66. The molecule has 2 aromatic carbocycles. The molecule has 21 heavy (non-hydrogen) atoms. The highest BCUT2D eigenvalue weighted by molar-refractivity contribution is 6.17. The maximum absolute atomic E-state index is 5.95. The van der Waals surface area contributed by atoms with E-state index in [0.29, 0.717) is 5.88 Å². The molecule has 0 spiro atoms. The van der Waals surface area contributed by atoms with Gasteiger partial charge in [-0.05, 0) is 48.7 Å². The molecule has 0 unspecified atom stereocenters. The van der Waals surface area contributed by atoms with Gasteiger partial charge in [-0.2, -0.15) is 0 Å². The van der Waals surface area contributed by atoms with Crippen molar-refractivity contribution in [3.05, 3.63) is 59.4 Å². The Morgan fingerprint density at radius 1 is 1.10 bits per heavy atom. The average Bonchev–Trinajstić information content (AvgIpc) is 2.85. The quantitative estimate of drug-likeness (QED) is 0.640. The molecule has 108 valence electrons. The minimum absolute atomic E-state index is 0.579. The molecule has 0 radical (unpaired) electrons. The minimum atomic E-state index is 0.579. The van der Waals surface area contributed by atoms with Crippen molar-refractivity contribution in [1.29, 1.82) is 0 Å². The summed E-state index contributed by atoms with van der Waals surface area (Å²) in [5, 5.41) is 0. The monoisotopic (exact) mass is 298 g/mol. The Hall–Kier alpha value is -1.80. The molecule has 3 aromatic rings. The number of rotatable bonds is 4. The molecule has 0 atom stereocenters. The Balaban J connectivity index is 2.20. The van der Waals surface area contributed by atoms with Crippen LogP contribution in [0.25, 0.3) is 16.7 Å². The maximum Gasteiger partial charge on any atom is 0.115 e. The molecule has 0 saturated carbocycles. The molecule has 0 N–H and O–H groups in total. The summed E-state index contributed by atoms with van der Waals surface area (Å²) in [4.78, 5) is 4.76. The maximum atomic E-state index is 5.95. The first-order valence-corrected chi connectivity index (χ1v) is 7.89. The number of benzene rings is 2. The number of fused-ring (bicyclic) bond motifs is 1. The van der Waals surface area contributed by atoms with Gasteiger partial charge in [0.25, 0.3) is 0 Å². The van der Waals surface area contributed by atoms with Crippen LogP contribution in [0.15, 0.2) is 42.5 Å². The zero-order valence-electron chi connectivity index (χ0n) is 12.4. The van der Waals surface area contributed by atoms with Crippen LogP contribution in [0, 0.1) is 6.92 Å². The molecule has 0 bridgehead atoms. The molecule has 0 fully saturated rings. The summed E-state index contributed by atoms with van der Waals surface area (Å²) in [6.45, 7) is 4.26. The number of aromatic nitrogens is 2. The van der Waals surface area contributed by atoms with Crippen molar-refractivity contribution >= 4 is 22.6 Å². The summed E-state index contributed by atoms with van der Waals surface area (Å²) in [5.74, 6) is 1.60. The number of imidazole rings is 1. The standard InChI is InChI=1S/C18H19ClN2/c1-3-14-5-7-15(8-6-14)21-17-9-4-13(2)12-16(17)20-18(21)10-11-19/h4-9,12H,3,10-11H2,1-2H3. The third kappa shape index (κ3) is 2.68. The lowest BCUT2D eigenvalue weighted by Crippen LogP contribution is -2.02. The highest BCUT2D eigenvalue weighted by Crippen LogP contribution is 2.23. The Bertz CT molecular complexity index is 757. The van der Waals surface area contributed by atoms with Crippen LogP contribution in [0.4, 0.5) is 0 Å². The first-order chi connectivity index (χ1) is 10.2. The van der Waals surface area contributed by atoms with E-state index in [-0.39, 0.29) is 0 Å². The number of alkyl halides is 1. The van der Waals surface area contributed by atoms with Crippen LogP contribution in [0.5, 0.6) is 0 Å². The van der Waals surface area contributed by atoms with Crippen LogP contribution in [-0.2, 0) is 12.8 Å². The van der Waals surface area contributed by atoms with Gasteiger partial charge in [0.05, 0.1) is 11.0 Å². The Kier molecular flexibility index (Phi) is 3.98. The molecule has 0 aliphatic rings. The van der Waals surface area contributed by atoms with Gasteiger partial charge in [-0.3, -0.25) is 4.57 Å². The second kappa shape index (κ2) is 5.90. The van der Waals surface area contributed by atoms with Gasteiger partial charge in [-0.1, -0.05) is 25.1 Å². The fourth-order valence-corrected chi connectivity index (χ4v) is 2.83. The highest BCUT2D eigenvalue weighted by atomic mass is 35.5. The summed E-state index contributed by atoms with van der Waals surface area (Å²) < 4.78 is 2.22. The highest BCUT2D eigenvalue weighted by Gasteiger charge is 2.12. The van der Waals surface area contributed by atoms with Gasteiger partial charge in [0.1, 0.15) is 5.82 Å². The normalized spacial score (nSPS) is 11.2. The molecular weight excluding hydrogens is 280 g/mol. The molecule has 3 rings (SSSR count).